The van der Waals surface area contributed by atoms with Crippen LogP contribution in [0.4, 0.5) is 22.7 Å². The molecule has 0 aliphatic carbocycles. The minimum atomic E-state index is 0.721. The monoisotopic (exact) mass is 544 g/mol. The number of nitrogens with zero attached hydrogens (tertiary/aromatic N) is 2. The van der Waals surface area contributed by atoms with Crippen LogP contribution in [0.1, 0.15) is 0 Å². The molecule has 0 N–H and O–H groups in total. The van der Waals surface area contributed by atoms with Crippen LogP contribution in [0.2, 0.25) is 10.0 Å². The Balaban J connectivity index is 1.92. The maximum Gasteiger partial charge on any atom is 0.0555 e. The van der Waals surface area contributed by atoms with Gasteiger partial charge in [-0.3, -0.25) is 0 Å². The number of rotatable bonds is 5. The number of benzene rings is 4. The summed E-state index contributed by atoms with van der Waals surface area (Å²) in [6.07, 6.45) is 2.07. The van der Waals surface area contributed by atoms with Gasteiger partial charge in [0.05, 0.1) is 11.4 Å². The first-order valence-corrected chi connectivity index (χ1v) is 11.4. The van der Waals surface area contributed by atoms with E-state index < -0.39 is 0 Å². The van der Waals surface area contributed by atoms with Crippen molar-refractivity contribution in [2.75, 3.05) is 16.8 Å². The van der Waals surface area contributed by atoms with Crippen molar-refractivity contribution in [3.63, 3.8) is 0 Å². The SMILES string of the molecule is CN(c1ccc(Cl)cc1)c1cccc2cccc(N(/C=C\I)c3ccc(Cl)cc3)c12. The van der Waals surface area contributed by atoms with E-state index in [-0.39, 0.29) is 0 Å². The lowest BCUT2D eigenvalue weighted by atomic mass is 10.0. The van der Waals surface area contributed by atoms with Crippen molar-refractivity contribution in [2.24, 2.45) is 0 Å². The summed E-state index contributed by atoms with van der Waals surface area (Å²) in [6, 6.07) is 28.6. The third-order valence-corrected chi connectivity index (χ3v) is 5.83. The molecule has 0 radical (unpaired) electrons. The average molecular weight is 545 g/mol. The van der Waals surface area contributed by atoms with Gasteiger partial charge < -0.3 is 9.80 Å². The second-order valence-electron chi connectivity index (χ2n) is 6.81. The second kappa shape index (κ2) is 9.29. The van der Waals surface area contributed by atoms with E-state index >= 15 is 0 Å². The molecule has 0 amide bonds. The predicted octanol–water partition coefficient (Wildman–Crippen LogP) is 8.96. The first-order chi connectivity index (χ1) is 14.6. The molecule has 4 aromatic rings. The molecular formula is C25H19Cl2IN2. The van der Waals surface area contributed by atoms with E-state index in [4.69, 9.17) is 23.2 Å². The first kappa shape index (κ1) is 21.0. The highest BCUT2D eigenvalue weighted by molar-refractivity contribution is 14.1. The number of halogens is 3. The van der Waals surface area contributed by atoms with Crippen LogP contribution in [0.25, 0.3) is 10.8 Å². The fraction of sp³-hybridized carbons (Fsp3) is 0.0400. The predicted molar refractivity (Wildman–Crippen MR) is 140 cm³/mol. The Morgan fingerprint density at radius 1 is 0.700 bits per heavy atom. The van der Waals surface area contributed by atoms with E-state index in [0.717, 1.165) is 32.8 Å². The van der Waals surface area contributed by atoms with Crippen LogP contribution >= 0.6 is 45.8 Å². The van der Waals surface area contributed by atoms with Gasteiger partial charge in [0, 0.05) is 40.1 Å². The zero-order chi connectivity index (χ0) is 21.1. The smallest absolute Gasteiger partial charge is 0.0555 e. The molecule has 0 saturated carbocycles. The third-order valence-electron chi connectivity index (χ3n) is 5.01. The molecule has 2 nitrogen and oxygen atoms in total. The maximum atomic E-state index is 6.13. The van der Waals surface area contributed by atoms with Crippen LogP contribution in [0.15, 0.2) is 95.2 Å². The van der Waals surface area contributed by atoms with Crippen molar-refractivity contribution in [2.45, 2.75) is 0 Å². The van der Waals surface area contributed by atoms with Crippen LogP contribution in [-0.2, 0) is 0 Å². The van der Waals surface area contributed by atoms with Crippen molar-refractivity contribution in [1.82, 2.24) is 0 Å². The summed E-state index contributed by atoms with van der Waals surface area (Å²) in [6.45, 7) is 0. The van der Waals surface area contributed by atoms with Crippen molar-refractivity contribution in [3.8, 4) is 0 Å². The Morgan fingerprint density at radius 2 is 1.23 bits per heavy atom. The average Bonchev–Trinajstić information content (AvgIpc) is 2.77. The fourth-order valence-electron chi connectivity index (χ4n) is 3.55. The van der Waals surface area contributed by atoms with Gasteiger partial charge in [-0.15, -0.1) is 0 Å². The molecule has 4 aromatic carbocycles. The van der Waals surface area contributed by atoms with Crippen LogP contribution in [0.5, 0.6) is 0 Å². The van der Waals surface area contributed by atoms with Gasteiger partial charge in [0.15, 0.2) is 0 Å². The van der Waals surface area contributed by atoms with E-state index in [9.17, 15) is 0 Å². The van der Waals surface area contributed by atoms with Crippen LogP contribution < -0.4 is 9.80 Å². The third kappa shape index (κ3) is 4.29. The molecule has 0 heterocycles. The fourth-order valence-corrected chi connectivity index (χ4v) is 4.12. The van der Waals surface area contributed by atoms with E-state index in [1.54, 1.807) is 0 Å². The molecule has 4 rings (SSSR count). The number of hydrogen-bond acceptors (Lipinski definition) is 2. The first-order valence-electron chi connectivity index (χ1n) is 9.41. The molecule has 150 valence electrons. The Hall–Kier alpha value is -2.21. The maximum absolute atomic E-state index is 6.13. The van der Waals surface area contributed by atoms with Crippen LogP contribution in [0.3, 0.4) is 0 Å². The van der Waals surface area contributed by atoms with Crippen molar-refractivity contribution in [1.29, 1.82) is 0 Å². The molecule has 0 unspecified atom stereocenters. The number of hydrogen-bond donors (Lipinski definition) is 0. The van der Waals surface area contributed by atoms with Gasteiger partial charge in [-0.2, -0.15) is 0 Å². The lowest BCUT2D eigenvalue weighted by Gasteiger charge is -2.27. The molecule has 0 aliphatic rings. The summed E-state index contributed by atoms with van der Waals surface area (Å²) in [4.78, 5) is 4.38. The highest BCUT2D eigenvalue weighted by Gasteiger charge is 2.16. The summed E-state index contributed by atoms with van der Waals surface area (Å²) < 4.78 is 2.01. The largest absolute Gasteiger partial charge is 0.344 e. The highest BCUT2D eigenvalue weighted by atomic mass is 127. The molecule has 0 atom stereocenters. The lowest BCUT2D eigenvalue weighted by Crippen LogP contribution is -2.13. The lowest BCUT2D eigenvalue weighted by molar-refractivity contribution is 1.22. The van der Waals surface area contributed by atoms with Crippen molar-refractivity contribution < 1.29 is 0 Å². The standard InChI is InChI=1S/C25H19Cl2IN2/c1-29(21-12-8-19(26)9-13-21)23-6-2-4-18-5-3-7-24(25(18)23)30(17-16-28)22-14-10-20(27)11-15-22/h2-17H,1H3/b17-16-. The van der Waals surface area contributed by atoms with E-state index in [2.05, 4.69) is 82.0 Å². The topological polar surface area (TPSA) is 6.48 Å². The molecule has 0 aromatic heterocycles. The van der Waals surface area contributed by atoms with Crippen molar-refractivity contribution in [3.05, 3.63) is 105 Å². The van der Waals surface area contributed by atoms with Crippen LogP contribution in [-0.4, -0.2) is 7.05 Å². The van der Waals surface area contributed by atoms with Crippen molar-refractivity contribution >= 4 is 79.3 Å². The summed E-state index contributed by atoms with van der Waals surface area (Å²) in [5.41, 5.74) is 4.33. The molecule has 0 spiro atoms. The second-order valence-corrected chi connectivity index (χ2v) is 8.40. The Morgan fingerprint density at radius 3 is 1.80 bits per heavy atom. The molecule has 0 saturated heterocycles. The number of fused-ring (bicyclic) bond motifs is 1. The van der Waals surface area contributed by atoms with Gasteiger partial charge >= 0.3 is 0 Å². The van der Waals surface area contributed by atoms with Gasteiger partial charge in [0.2, 0.25) is 0 Å². The van der Waals surface area contributed by atoms with E-state index in [1.807, 2.05) is 52.6 Å². The Kier molecular flexibility index (Phi) is 6.52. The minimum Gasteiger partial charge on any atom is -0.344 e. The quantitative estimate of drug-likeness (QED) is 0.231. The normalized spacial score (nSPS) is 11.2. The molecular weight excluding hydrogens is 526 g/mol. The molecule has 0 bridgehead atoms. The Bertz CT molecular complexity index is 1180. The van der Waals surface area contributed by atoms with Gasteiger partial charge in [-0.05, 0) is 70.1 Å². The minimum absolute atomic E-state index is 0.721. The van der Waals surface area contributed by atoms with Crippen LogP contribution in [0, 0.1) is 0 Å². The number of anilines is 4. The summed E-state index contributed by atoms with van der Waals surface area (Å²) in [7, 11) is 2.08. The van der Waals surface area contributed by atoms with Gasteiger partial charge in [-0.1, -0.05) is 70.1 Å². The zero-order valence-corrected chi connectivity index (χ0v) is 19.9. The van der Waals surface area contributed by atoms with E-state index in [1.165, 1.54) is 10.8 Å². The molecule has 5 heteroatoms. The van der Waals surface area contributed by atoms with E-state index in [0.29, 0.717) is 0 Å². The zero-order valence-electron chi connectivity index (χ0n) is 16.3. The Labute approximate surface area is 200 Å². The molecule has 0 aliphatic heterocycles. The van der Waals surface area contributed by atoms with Gasteiger partial charge in [0.1, 0.15) is 0 Å². The molecule has 30 heavy (non-hydrogen) atoms. The molecule has 0 fully saturated rings. The summed E-state index contributed by atoms with van der Waals surface area (Å²) in [5.74, 6) is 0. The highest BCUT2D eigenvalue weighted by Crippen LogP contribution is 2.40. The summed E-state index contributed by atoms with van der Waals surface area (Å²) in [5, 5.41) is 3.79. The van der Waals surface area contributed by atoms with Gasteiger partial charge in [-0.25, -0.2) is 0 Å². The van der Waals surface area contributed by atoms with Gasteiger partial charge in [0.25, 0.3) is 0 Å². The summed E-state index contributed by atoms with van der Waals surface area (Å²) >= 11 is 14.5.